The van der Waals surface area contributed by atoms with Gasteiger partial charge in [0.2, 0.25) is 29.5 Å². The van der Waals surface area contributed by atoms with Gasteiger partial charge in [0.05, 0.1) is 53.8 Å². The van der Waals surface area contributed by atoms with E-state index < -0.39 is 83.4 Å². The van der Waals surface area contributed by atoms with Gasteiger partial charge in [0.1, 0.15) is 41.8 Å². The number of hydrogen-bond donors (Lipinski definition) is 9. The predicted octanol–water partition coefficient (Wildman–Crippen LogP) is 8.81. The van der Waals surface area contributed by atoms with E-state index in [4.69, 9.17) is 48.1 Å². The first-order valence-corrected chi connectivity index (χ1v) is 37.8. The molecule has 4 aliphatic heterocycles. The first kappa shape index (κ1) is 82.8. The third kappa shape index (κ3) is 22.8. The third-order valence-corrected chi connectivity index (χ3v) is 21.0. The zero-order chi connectivity index (χ0) is 73.3. The topological polar surface area (TPSA) is 352 Å². The van der Waals surface area contributed by atoms with Gasteiger partial charge in [-0.15, -0.1) is 12.4 Å². The van der Waals surface area contributed by atoms with Gasteiger partial charge in [-0.2, -0.15) is 0 Å². The Balaban J connectivity index is 0.000000246. The van der Waals surface area contributed by atoms with Gasteiger partial charge in [0, 0.05) is 67.8 Å². The minimum atomic E-state index is -1.44. The maximum atomic E-state index is 14.4. The minimum absolute atomic E-state index is 0. The van der Waals surface area contributed by atoms with Crippen LogP contribution >= 0.6 is 35.6 Å². The largest absolute Gasteiger partial charge is 0.492 e. The highest BCUT2D eigenvalue weighted by Gasteiger charge is 2.57. The third-order valence-electron chi connectivity index (χ3n) is 20.4. The first-order valence-electron chi connectivity index (χ1n) is 37.0. The van der Waals surface area contributed by atoms with Crippen molar-refractivity contribution in [3.05, 3.63) is 57.6 Å². The molecule has 2 saturated heterocycles. The summed E-state index contributed by atoms with van der Waals surface area (Å²) in [6.45, 7) is 16.2. The number of aliphatic hydroxyl groups is 2. The second-order valence-electron chi connectivity index (χ2n) is 29.7. The van der Waals surface area contributed by atoms with E-state index >= 15 is 0 Å². The number of nitrogens with one attached hydrogen (secondary N) is 5. The van der Waals surface area contributed by atoms with Crippen LogP contribution in [0.15, 0.2) is 46.7 Å². The lowest BCUT2D eigenvalue weighted by atomic mass is 9.86. The van der Waals surface area contributed by atoms with Gasteiger partial charge in [-0.25, -0.2) is 4.79 Å². The summed E-state index contributed by atoms with van der Waals surface area (Å²) < 4.78 is 11.1. The van der Waals surface area contributed by atoms with Crippen LogP contribution in [0, 0.1) is 23.7 Å². The van der Waals surface area contributed by atoms with Crippen LogP contribution in [0.3, 0.4) is 0 Å². The minimum Gasteiger partial charge on any atom is -0.492 e. The van der Waals surface area contributed by atoms with E-state index in [1.807, 2.05) is 67.5 Å². The number of aliphatic carboxylic acids is 1. The molecule has 6 fully saturated rings. The van der Waals surface area contributed by atoms with Gasteiger partial charge in [-0.3, -0.25) is 33.6 Å². The fourth-order valence-corrected chi connectivity index (χ4v) is 14.9. The second-order valence-corrected chi connectivity index (χ2v) is 30.5. The predicted molar refractivity (Wildman–Crippen MR) is 390 cm³/mol. The lowest BCUT2D eigenvalue weighted by Crippen LogP contribution is -2.58. The van der Waals surface area contributed by atoms with Crippen LogP contribution in [0.1, 0.15) is 221 Å². The van der Waals surface area contributed by atoms with Gasteiger partial charge in [0.25, 0.3) is 11.8 Å². The van der Waals surface area contributed by atoms with Crippen molar-refractivity contribution < 1.29 is 72.8 Å². The fraction of sp³-hybridized carbons (Fsp3) is 0.703. The number of nitrogens with two attached hydrogens (primary N) is 1. The van der Waals surface area contributed by atoms with Gasteiger partial charge in [0.15, 0.2) is 17.3 Å². The number of amides is 7. The summed E-state index contributed by atoms with van der Waals surface area (Å²) in [5, 5.41) is 54.3. The molecule has 10 atom stereocenters. The van der Waals surface area contributed by atoms with E-state index in [9.17, 15) is 53.7 Å². The van der Waals surface area contributed by atoms with Crippen molar-refractivity contribution in [3.63, 3.8) is 0 Å². The zero-order valence-corrected chi connectivity index (χ0v) is 62.9. The first-order chi connectivity index (χ1) is 48.2. The number of oxime groups is 2. The second kappa shape index (κ2) is 38.5. The highest BCUT2D eigenvalue weighted by molar-refractivity contribution is 6.33. The number of rotatable bonds is 29. The molecule has 568 valence electrons. The van der Waals surface area contributed by atoms with Crippen molar-refractivity contribution in [2.75, 3.05) is 26.3 Å². The molecule has 0 aromatic heterocycles. The number of nitrogens with zero attached hydrogens (tertiary/aromatic N) is 4. The monoisotopic (exact) mass is 1480 g/mol. The molecular formula is C74H111Cl3N10O15. The lowest BCUT2D eigenvalue weighted by molar-refractivity contribution is -0.150. The van der Waals surface area contributed by atoms with Gasteiger partial charge in [-0.1, -0.05) is 126 Å². The molecule has 10 N–H and O–H groups in total. The Morgan fingerprint density at radius 2 is 1.01 bits per heavy atom. The Bertz CT molecular complexity index is 3270. The SMILES string of the molecule is CCC[C@H](N)C(O)C(=O)NC1CC1.CCC[C@H](NC(=O)[C@@H]1C[C@]2(CC(c3ccc(OCC)c(Cl)c3)=NO2)CN1C(=O)[C@@H](NC(=O)CC1CCCCC1)C(C)C)C(O)C(=O)NC1CC1.CCOc1ccc(C2=NO[C@]3(C2)C[C@@H](C(=O)O)N(C(=O)[C@@H](NC(=O)CC2CCCCC2)C(C)C)C3)cc1Cl.Cl. The molecule has 2 spiro atoms. The summed E-state index contributed by atoms with van der Waals surface area (Å²) >= 11 is 12.8. The number of carboxylic acid groups (broad SMARTS) is 1. The number of likely N-dealkylation sites (tertiary alicyclic amines) is 2. The van der Waals surface area contributed by atoms with Crippen molar-refractivity contribution in [1.82, 2.24) is 36.4 Å². The summed E-state index contributed by atoms with van der Waals surface area (Å²) in [5.74, 6) is -2.22. The number of benzene rings is 2. The summed E-state index contributed by atoms with van der Waals surface area (Å²) in [6, 6.07) is 6.07. The molecule has 25 nitrogen and oxygen atoms in total. The van der Waals surface area contributed by atoms with Crippen molar-refractivity contribution in [3.8, 4) is 11.5 Å². The number of hydrogen-bond acceptors (Lipinski definition) is 17. The molecule has 28 heteroatoms. The van der Waals surface area contributed by atoms with Crippen LogP contribution in [-0.2, 0) is 48.0 Å². The summed E-state index contributed by atoms with van der Waals surface area (Å²) in [5.41, 5.74) is 6.41. The van der Waals surface area contributed by atoms with Gasteiger partial charge in [-0.05, 0) is 138 Å². The Hall–Kier alpha value is -6.51. The van der Waals surface area contributed by atoms with Crippen LogP contribution < -0.4 is 41.8 Å². The molecule has 2 aromatic rings. The van der Waals surface area contributed by atoms with Crippen LogP contribution in [0.4, 0.5) is 0 Å². The number of ether oxygens (including phenoxy) is 2. The molecule has 7 amide bonds. The summed E-state index contributed by atoms with van der Waals surface area (Å²) in [4.78, 5) is 119. The van der Waals surface area contributed by atoms with E-state index in [2.05, 4.69) is 36.9 Å². The van der Waals surface area contributed by atoms with Crippen molar-refractivity contribution in [1.29, 1.82) is 0 Å². The van der Waals surface area contributed by atoms with Gasteiger partial charge >= 0.3 is 5.97 Å². The number of aliphatic hydroxyl groups excluding tert-OH is 2. The average Bonchev–Trinajstić information content (AvgIpc) is 1.61. The normalized spacial score (nSPS) is 23.4. The van der Waals surface area contributed by atoms with Crippen LogP contribution in [0.5, 0.6) is 11.5 Å². The molecule has 4 aliphatic carbocycles. The molecule has 8 aliphatic rings. The van der Waals surface area contributed by atoms with Crippen molar-refractivity contribution in [2.24, 2.45) is 39.7 Å². The summed E-state index contributed by atoms with van der Waals surface area (Å²) in [6.07, 6.45) is 16.5. The van der Waals surface area contributed by atoms with Crippen molar-refractivity contribution >= 4 is 94.4 Å². The smallest absolute Gasteiger partial charge is 0.326 e. The van der Waals surface area contributed by atoms with E-state index in [-0.39, 0.29) is 85.9 Å². The van der Waals surface area contributed by atoms with E-state index in [1.165, 1.54) is 22.6 Å². The molecule has 0 bridgehead atoms. The molecule has 4 heterocycles. The van der Waals surface area contributed by atoms with Crippen molar-refractivity contribution in [2.45, 2.75) is 281 Å². The standard InChI is InChI=1S/C37H54ClN5O7.C28H38ClN3O6.C9H18N2O2.ClH/c1-5-10-27(33(45)35(47)39-25-14-15-25)40-34(46)29-20-37(19-28(42-50-37)24-13-16-30(49-6-2)26(38)18-24)21-43(29)36(48)32(22(3)4)41-31(44)17-23-11-8-7-9-12-23;1-4-37-23-11-10-19(13-20(23)29)21-14-28(38-31-21)15-22(27(35)36)32(16-28)26(34)25(17(2)3)30-24(33)12-18-8-6-5-7-9-18;1-2-3-7(10)8(12)9(13)11-6-4-5-6;/h13,16,18,22-23,25,27,29,32-33,45H,5-12,14-15,17,19-21H2,1-4H3,(H,39,47)(H,40,46)(H,41,44);10-11,13,17-18,22,25H,4-9,12,14-16H2,1-3H3,(H,30,33)(H,35,36);6-8,12H,2-5,10H2,1H3,(H,11,13);1H/t27-,29-,32-,33?,37+;22-,25-,28+;7-,8?;/m000./s1. The molecule has 0 radical (unpaired) electrons. The average molecular weight is 1490 g/mol. The molecule has 102 heavy (non-hydrogen) atoms. The Morgan fingerprint density at radius 1 is 0.598 bits per heavy atom. The lowest BCUT2D eigenvalue weighted by Gasteiger charge is -2.32. The maximum Gasteiger partial charge on any atom is 0.326 e. The Morgan fingerprint density at radius 3 is 1.39 bits per heavy atom. The molecule has 4 saturated carbocycles. The molecular weight excluding hydrogens is 1380 g/mol. The molecule has 2 unspecified atom stereocenters. The Kier molecular flexibility index (Phi) is 31.2. The van der Waals surface area contributed by atoms with Crippen LogP contribution in [-0.4, -0.2) is 182 Å². The molecule has 10 rings (SSSR count). The van der Waals surface area contributed by atoms with E-state index in [0.717, 1.165) is 94.6 Å². The molecule has 2 aromatic carbocycles. The van der Waals surface area contributed by atoms with E-state index in [1.54, 1.807) is 24.3 Å². The fourth-order valence-electron chi connectivity index (χ4n) is 14.4. The number of carbonyl (C=O) groups is 8. The summed E-state index contributed by atoms with van der Waals surface area (Å²) in [7, 11) is 0. The maximum absolute atomic E-state index is 14.4. The number of carbonyl (C=O) groups excluding carboxylic acids is 7. The highest BCUT2D eigenvalue weighted by Crippen LogP contribution is 2.43. The Labute approximate surface area is 616 Å². The number of carboxylic acids is 1. The number of halogens is 3. The quantitative estimate of drug-likeness (QED) is 0.0367. The highest BCUT2D eigenvalue weighted by atomic mass is 35.5. The zero-order valence-electron chi connectivity index (χ0n) is 60.6. The van der Waals surface area contributed by atoms with E-state index in [0.29, 0.717) is 103 Å². The van der Waals surface area contributed by atoms with Crippen LogP contribution in [0.2, 0.25) is 10.0 Å². The van der Waals surface area contributed by atoms with Gasteiger partial charge < -0.3 is 76.6 Å². The van der Waals surface area contributed by atoms with Crippen LogP contribution in [0.25, 0.3) is 0 Å².